The van der Waals surface area contributed by atoms with Crippen LogP contribution in [0.5, 0.6) is 0 Å². The predicted octanol–water partition coefficient (Wildman–Crippen LogP) is -2.20. The van der Waals surface area contributed by atoms with Gasteiger partial charge in [-0.15, -0.1) is 0 Å². The summed E-state index contributed by atoms with van der Waals surface area (Å²) < 4.78 is 27.3. The molecule has 2 saturated heterocycles. The number of hydrogen-bond donors (Lipinski definition) is 6. The molecule has 204 valence electrons. The van der Waals surface area contributed by atoms with Crippen molar-refractivity contribution in [2.75, 3.05) is 19.8 Å². The van der Waals surface area contributed by atoms with E-state index >= 15 is 0 Å². The Bertz CT molecular complexity index is 703. The first kappa shape index (κ1) is 29.8. The molecule has 0 saturated carbocycles. The maximum absolute atomic E-state index is 12.6. The van der Waals surface area contributed by atoms with E-state index < -0.39 is 92.5 Å². The number of hydrogen-bond acceptors (Lipinski definition) is 13. The molecular weight excluding hydrogens is 472 g/mol. The van der Waals surface area contributed by atoms with E-state index in [1.807, 2.05) is 0 Å². The molecule has 1 unspecified atom stereocenters. The van der Waals surface area contributed by atoms with Gasteiger partial charge in [0.2, 0.25) is 5.79 Å². The molecule has 35 heavy (non-hydrogen) atoms. The molecule has 2 rings (SSSR count). The van der Waals surface area contributed by atoms with Crippen LogP contribution in [0.4, 0.5) is 0 Å². The molecule has 2 fully saturated rings. The van der Waals surface area contributed by atoms with Crippen LogP contribution in [0, 0.1) is 11.8 Å². The Morgan fingerprint density at radius 2 is 1.57 bits per heavy atom. The van der Waals surface area contributed by atoms with Crippen LogP contribution in [0.15, 0.2) is 0 Å². The third-order valence-electron chi connectivity index (χ3n) is 6.13. The predicted molar refractivity (Wildman–Crippen MR) is 115 cm³/mol. The summed E-state index contributed by atoms with van der Waals surface area (Å²) in [4.78, 5) is 24.9. The fraction of sp³-hybridized carbons (Fsp3) is 0.909. The van der Waals surface area contributed by atoms with Gasteiger partial charge in [0.1, 0.15) is 37.1 Å². The van der Waals surface area contributed by atoms with Crippen LogP contribution < -0.4 is 0 Å². The Labute approximate surface area is 203 Å². The summed E-state index contributed by atoms with van der Waals surface area (Å²) in [5, 5.41) is 60.7. The van der Waals surface area contributed by atoms with Crippen molar-refractivity contribution >= 4 is 11.9 Å². The number of esters is 2. The summed E-state index contributed by atoms with van der Waals surface area (Å²) in [5.41, 5.74) is 0. The van der Waals surface area contributed by atoms with E-state index in [4.69, 9.17) is 23.7 Å². The molecule has 6 N–H and O–H groups in total. The van der Waals surface area contributed by atoms with Crippen LogP contribution >= 0.6 is 0 Å². The molecule has 0 aromatic rings. The summed E-state index contributed by atoms with van der Waals surface area (Å²) in [6, 6.07) is 0. The highest BCUT2D eigenvalue weighted by Gasteiger charge is 2.59. The lowest BCUT2D eigenvalue weighted by molar-refractivity contribution is -0.384. The van der Waals surface area contributed by atoms with Gasteiger partial charge in [-0.2, -0.15) is 0 Å². The van der Waals surface area contributed by atoms with Crippen molar-refractivity contribution in [3.05, 3.63) is 0 Å². The van der Waals surface area contributed by atoms with Crippen LogP contribution in [-0.2, 0) is 33.3 Å². The number of ether oxygens (including phenoxy) is 5. The fourth-order valence-corrected chi connectivity index (χ4v) is 3.83. The molecule has 2 heterocycles. The van der Waals surface area contributed by atoms with E-state index in [0.29, 0.717) is 6.42 Å². The third-order valence-corrected chi connectivity index (χ3v) is 6.13. The van der Waals surface area contributed by atoms with Crippen molar-refractivity contribution in [3.63, 3.8) is 0 Å². The standard InChI is InChI=1S/C22H38O13/c1-5-11(4)20(30)33-18-16(28)21(31-13(8-24)17(18)32-14(26)6-10(2)3)35-22(9-25)19(29)15(27)12(7-23)34-22/h10-13,15-19,21,23-25,27-29H,5-9H2,1-4H3/t11?,12-,13-,15-,16-,17-,18-,19+,21-,22+/m1/s1. The minimum atomic E-state index is -2.31. The number of rotatable bonds is 11. The molecular formula is C22H38O13. The van der Waals surface area contributed by atoms with Crippen molar-refractivity contribution in [1.29, 1.82) is 0 Å². The summed E-state index contributed by atoms with van der Waals surface area (Å²) in [6.07, 6.45) is -12.2. The zero-order chi connectivity index (χ0) is 26.5. The van der Waals surface area contributed by atoms with Crippen molar-refractivity contribution in [1.82, 2.24) is 0 Å². The van der Waals surface area contributed by atoms with E-state index in [-0.39, 0.29) is 12.3 Å². The molecule has 0 spiro atoms. The van der Waals surface area contributed by atoms with Gasteiger partial charge in [0, 0.05) is 6.42 Å². The van der Waals surface area contributed by atoms with Gasteiger partial charge >= 0.3 is 11.9 Å². The Morgan fingerprint density at radius 1 is 0.943 bits per heavy atom. The molecule has 0 amide bonds. The van der Waals surface area contributed by atoms with Crippen LogP contribution in [0.3, 0.4) is 0 Å². The van der Waals surface area contributed by atoms with Crippen molar-refractivity contribution in [2.45, 2.75) is 95.3 Å². The number of carbonyl (C=O) groups excluding carboxylic acids is 2. The maximum Gasteiger partial charge on any atom is 0.309 e. The topological polar surface area (TPSA) is 202 Å². The van der Waals surface area contributed by atoms with Crippen LogP contribution in [0.2, 0.25) is 0 Å². The quantitative estimate of drug-likeness (QED) is 0.164. The monoisotopic (exact) mass is 510 g/mol. The van der Waals surface area contributed by atoms with Gasteiger partial charge in [0.15, 0.2) is 18.5 Å². The molecule has 10 atom stereocenters. The molecule has 2 aliphatic rings. The maximum atomic E-state index is 12.6. The molecule has 0 bridgehead atoms. The number of aliphatic hydroxyl groups is 6. The van der Waals surface area contributed by atoms with Gasteiger partial charge in [0.25, 0.3) is 0 Å². The molecule has 0 aromatic carbocycles. The highest BCUT2D eigenvalue weighted by Crippen LogP contribution is 2.37. The second-order valence-electron chi connectivity index (χ2n) is 9.34. The Kier molecular flexibility index (Phi) is 10.8. The smallest absolute Gasteiger partial charge is 0.309 e. The lowest BCUT2D eigenvalue weighted by Gasteiger charge is -2.45. The van der Waals surface area contributed by atoms with Gasteiger partial charge in [-0.3, -0.25) is 9.59 Å². The molecule has 2 aliphatic heterocycles. The lowest BCUT2D eigenvalue weighted by Crippen LogP contribution is -2.64. The van der Waals surface area contributed by atoms with Gasteiger partial charge in [0.05, 0.1) is 19.1 Å². The minimum Gasteiger partial charge on any atom is -0.455 e. The average Bonchev–Trinajstić information content (AvgIpc) is 3.06. The average molecular weight is 511 g/mol. The summed E-state index contributed by atoms with van der Waals surface area (Å²) in [7, 11) is 0. The first-order valence-corrected chi connectivity index (χ1v) is 11.7. The van der Waals surface area contributed by atoms with E-state index in [1.54, 1.807) is 27.7 Å². The first-order chi connectivity index (χ1) is 16.4. The lowest BCUT2D eigenvalue weighted by atomic mass is 9.97. The van der Waals surface area contributed by atoms with Gasteiger partial charge in [-0.1, -0.05) is 27.7 Å². The minimum absolute atomic E-state index is 0.0186. The molecule has 0 aromatic heterocycles. The normalized spacial score (nSPS) is 38.4. The van der Waals surface area contributed by atoms with Crippen molar-refractivity contribution < 1.29 is 63.9 Å². The molecule has 13 heteroatoms. The summed E-state index contributed by atoms with van der Waals surface area (Å²) in [5.74, 6) is -4.31. The highest BCUT2D eigenvalue weighted by molar-refractivity contribution is 5.72. The Hall–Kier alpha value is -1.42. The first-order valence-electron chi connectivity index (χ1n) is 11.7. The second kappa shape index (κ2) is 12.7. The molecule has 13 nitrogen and oxygen atoms in total. The zero-order valence-corrected chi connectivity index (χ0v) is 20.4. The third kappa shape index (κ3) is 6.67. The zero-order valence-electron chi connectivity index (χ0n) is 20.4. The van der Waals surface area contributed by atoms with Gasteiger partial charge in [-0.25, -0.2) is 0 Å². The van der Waals surface area contributed by atoms with Gasteiger partial charge in [-0.05, 0) is 12.3 Å². The second-order valence-corrected chi connectivity index (χ2v) is 9.34. The van der Waals surface area contributed by atoms with Crippen LogP contribution in [-0.4, -0.2) is 117 Å². The Morgan fingerprint density at radius 3 is 2.06 bits per heavy atom. The largest absolute Gasteiger partial charge is 0.455 e. The summed E-state index contributed by atoms with van der Waals surface area (Å²) >= 11 is 0. The molecule has 0 radical (unpaired) electrons. The van der Waals surface area contributed by atoms with E-state index in [0.717, 1.165) is 0 Å². The van der Waals surface area contributed by atoms with E-state index in [9.17, 15) is 40.2 Å². The molecule has 0 aliphatic carbocycles. The number of carbonyl (C=O) groups is 2. The van der Waals surface area contributed by atoms with Crippen molar-refractivity contribution in [3.8, 4) is 0 Å². The highest BCUT2D eigenvalue weighted by atomic mass is 16.8. The SMILES string of the molecule is CCC(C)C(=O)O[C@@H]1[C@@H](O)[C@@H](O[C@]2(CO)O[C@H](CO)[C@@H](O)[C@@H]2O)O[C@H](CO)[C@H]1OC(=O)CC(C)C. The number of aliphatic hydroxyl groups excluding tert-OH is 6. The summed E-state index contributed by atoms with van der Waals surface area (Å²) in [6.45, 7) is 4.48. The van der Waals surface area contributed by atoms with Gasteiger partial charge < -0.3 is 54.3 Å². The van der Waals surface area contributed by atoms with E-state index in [1.165, 1.54) is 0 Å². The van der Waals surface area contributed by atoms with Crippen LogP contribution in [0.1, 0.15) is 40.5 Å². The van der Waals surface area contributed by atoms with E-state index in [2.05, 4.69) is 0 Å². The Balaban J connectivity index is 2.35. The van der Waals surface area contributed by atoms with Crippen molar-refractivity contribution in [2.24, 2.45) is 11.8 Å². The van der Waals surface area contributed by atoms with Crippen LogP contribution in [0.25, 0.3) is 0 Å². The fourth-order valence-electron chi connectivity index (χ4n) is 3.83.